The fourth-order valence-corrected chi connectivity index (χ4v) is 3.43. The smallest absolute Gasteiger partial charge is 0.220 e. The summed E-state index contributed by atoms with van der Waals surface area (Å²) in [7, 11) is 0. The number of amides is 1. The van der Waals surface area contributed by atoms with Gasteiger partial charge in [-0.2, -0.15) is 0 Å². The molecule has 2 N–H and O–H groups in total. The summed E-state index contributed by atoms with van der Waals surface area (Å²) < 4.78 is 0. The van der Waals surface area contributed by atoms with Crippen molar-refractivity contribution in [2.45, 2.75) is 64.3 Å². The monoisotopic (exact) mass is 352 g/mol. The number of rotatable bonds is 9. The van der Waals surface area contributed by atoms with Crippen LogP contribution in [0.25, 0.3) is 0 Å². The molecule has 0 spiro atoms. The fraction of sp³-hybridized carbons (Fsp3) is 0.650. The minimum absolute atomic E-state index is 0. The van der Waals surface area contributed by atoms with Gasteiger partial charge in [0, 0.05) is 12.5 Å². The number of hydrogen-bond donors (Lipinski definition) is 2. The van der Waals surface area contributed by atoms with Crippen LogP contribution in [0.5, 0.6) is 0 Å². The predicted octanol–water partition coefficient (Wildman–Crippen LogP) is 4.11. The molecule has 1 unspecified atom stereocenters. The summed E-state index contributed by atoms with van der Waals surface area (Å²) in [5.41, 5.74) is 1.36. The van der Waals surface area contributed by atoms with Crippen molar-refractivity contribution in [3.05, 3.63) is 35.9 Å². The van der Waals surface area contributed by atoms with E-state index in [0.29, 0.717) is 12.5 Å². The van der Waals surface area contributed by atoms with E-state index in [0.717, 1.165) is 51.1 Å². The Balaban J connectivity index is 0.00000288. The second-order valence-electron chi connectivity index (χ2n) is 6.81. The molecular formula is C20H33ClN2O. The molecule has 2 rings (SSSR count). The molecule has 24 heavy (non-hydrogen) atoms. The van der Waals surface area contributed by atoms with Crippen molar-refractivity contribution in [2.24, 2.45) is 5.92 Å². The quantitative estimate of drug-likeness (QED) is 0.702. The van der Waals surface area contributed by atoms with E-state index in [-0.39, 0.29) is 18.3 Å². The maximum atomic E-state index is 12.3. The molecule has 1 fully saturated rings. The van der Waals surface area contributed by atoms with Crippen LogP contribution >= 0.6 is 12.4 Å². The maximum absolute atomic E-state index is 12.3. The zero-order valence-corrected chi connectivity index (χ0v) is 15.7. The van der Waals surface area contributed by atoms with Gasteiger partial charge in [0.25, 0.3) is 0 Å². The zero-order chi connectivity index (χ0) is 16.3. The molecule has 0 aliphatic carbocycles. The normalized spacial score (nSPS) is 16.2. The van der Waals surface area contributed by atoms with Crippen molar-refractivity contribution in [2.75, 3.05) is 13.1 Å². The van der Waals surface area contributed by atoms with Gasteiger partial charge in [0.05, 0.1) is 0 Å². The number of piperidine rings is 1. The Labute approximate surface area is 153 Å². The molecule has 136 valence electrons. The first-order valence-electron chi connectivity index (χ1n) is 9.32. The lowest BCUT2D eigenvalue weighted by Gasteiger charge is -2.23. The first-order chi connectivity index (χ1) is 11.3. The fourth-order valence-electron chi connectivity index (χ4n) is 3.43. The highest BCUT2D eigenvalue weighted by Gasteiger charge is 2.16. The number of halogens is 1. The highest BCUT2D eigenvalue weighted by Crippen LogP contribution is 2.18. The number of carbonyl (C=O) groups is 1. The van der Waals surface area contributed by atoms with Crippen molar-refractivity contribution >= 4 is 18.3 Å². The maximum Gasteiger partial charge on any atom is 0.220 e. The molecule has 0 radical (unpaired) electrons. The first-order valence-corrected chi connectivity index (χ1v) is 9.32. The van der Waals surface area contributed by atoms with Gasteiger partial charge in [-0.05, 0) is 63.1 Å². The van der Waals surface area contributed by atoms with E-state index in [9.17, 15) is 4.79 Å². The van der Waals surface area contributed by atoms with Gasteiger partial charge < -0.3 is 10.6 Å². The van der Waals surface area contributed by atoms with Crippen LogP contribution in [0.1, 0.15) is 57.4 Å². The summed E-state index contributed by atoms with van der Waals surface area (Å²) in [6.45, 7) is 4.42. The van der Waals surface area contributed by atoms with Crippen molar-refractivity contribution < 1.29 is 4.79 Å². The Morgan fingerprint density at radius 2 is 1.92 bits per heavy atom. The van der Waals surface area contributed by atoms with E-state index in [1.54, 1.807) is 0 Å². The van der Waals surface area contributed by atoms with E-state index in [2.05, 4.69) is 47.9 Å². The molecular weight excluding hydrogens is 320 g/mol. The van der Waals surface area contributed by atoms with Gasteiger partial charge in [0.2, 0.25) is 5.91 Å². The van der Waals surface area contributed by atoms with Gasteiger partial charge in [0.1, 0.15) is 0 Å². The number of hydrogen-bond acceptors (Lipinski definition) is 2. The van der Waals surface area contributed by atoms with Crippen LogP contribution < -0.4 is 10.6 Å². The molecule has 1 aliphatic heterocycles. The average Bonchev–Trinajstić information content (AvgIpc) is 2.60. The number of benzene rings is 1. The summed E-state index contributed by atoms with van der Waals surface area (Å²) in [5, 5.41) is 6.66. The van der Waals surface area contributed by atoms with Crippen molar-refractivity contribution in [3.63, 3.8) is 0 Å². The molecule has 1 heterocycles. The Morgan fingerprint density at radius 1 is 1.21 bits per heavy atom. The van der Waals surface area contributed by atoms with Gasteiger partial charge in [-0.1, -0.05) is 43.7 Å². The van der Waals surface area contributed by atoms with Crippen LogP contribution in [0, 0.1) is 5.92 Å². The number of aryl methyl sites for hydroxylation is 1. The Bertz CT molecular complexity index is 446. The van der Waals surface area contributed by atoms with Crippen LogP contribution in [-0.4, -0.2) is 25.0 Å². The van der Waals surface area contributed by atoms with Gasteiger partial charge in [-0.25, -0.2) is 0 Å². The van der Waals surface area contributed by atoms with Gasteiger partial charge in [-0.15, -0.1) is 12.4 Å². The van der Waals surface area contributed by atoms with E-state index in [1.807, 2.05) is 0 Å². The van der Waals surface area contributed by atoms with Crippen LogP contribution in [0.4, 0.5) is 0 Å². The highest BCUT2D eigenvalue weighted by atomic mass is 35.5. The second kappa shape index (κ2) is 12.3. The Morgan fingerprint density at radius 3 is 2.58 bits per heavy atom. The molecule has 4 heteroatoms. The third kappa shape index (κ3) is 8.16. The second-order valence-corrected chi connectivity index (χ2v) is 6.81. The Hall–Kier alpha value is -1.06. The van der Waals surface area contributed by atoms with Crippen LogP contribution in [-0.2, 0) is 11.2 Å². The standard InChI is InChI=1S/C20H32N2O.ClH/c1-2-6-19(11-9-17-7-4-3-5-8-17)22-20(23)12-10-18-13-15-21-16-14-18;/h3-5,7-8,18-19,21H,2,6,9-16H2,1H3,(H,22,23);1H. The molecule has 0 saturated carbocycles. The zero-order valence-electron chi connectivity index (χ0n) is 14.9. The SMILES string of the molecule is CCCC(CCc1ccccc1)NC(=O)CCC1CCNCC1.Cl. The summed E-state index contributed by atoms with van der Waals surface area (Å²) in [4.78, 5) is 12.3. The third-order valence-corrected chi connectivity index (χ3v) is 4.86. The molecule has 1 aromatic carbocycles. The molecule has 1 amide bonds. The lowest BCUT2D eigenvalue weighted by molar-refractivity contribution is -0.122. The Kier molecular flexibility index (Phi) is 10.8. The number of nitrogens with one attached hydrogen (secondary N) is 2. The molecule has 1 aliphatic rings. The van der Waals surface area contributed by atoms with E-state index < -0.39 is 0 Å². The lowest BCUT2D eigenvalue weighted by Crippen LogP contribution is -2.35. The van der Waals surface area contributed by atoms with Crippen LogP contribution in [0.3, 0.4) is 0 Å². The van der Waals surface area contributed by atoms with Crippen LogP contribution in [0.2, 0.25) is 0 Å². The lowest BCUT2D eigenvalue weighted by atomic mass is 9.93. The van der Waals surface area contributed by atoms with Crippen molar-refractivity contribution in [1.29, 1.82) is 0 Å². The molecule has 1 saturated heterocycles. The van der Waals surface area contributed by atoms with Gasteiger partial charge >= 0.3 is 0 Å². The van der Waals surface area contributed by atoms with Gasteiger partial charge in [-0.3, -0.25) is 4.79 Å². The van der Waals surface area contributed by atoms with Crippen molar-refractivity contribution in [1.82, 2.24) is 10.6 Å². The van der Waals surface area contributed by atoms with E-state index in [4.69, 9.17) is 0 Å². The number of carbonyl (C=O) groups excluding carboxylic acids is 1. The summed E-state index contributed by atoms with van der Waals surface area (Å²) in [5.74, 6) is 0.978. The van der Waals surface area contributed by atoms with Crippen molar-refractivity contribution in [3.8, 4) is 0 Å². The largest absolute Gasteiger partial charge is 0.353 e. The third-order valence-electron chi connectivity index (χ3n) is 4.86. The molecule has 0 bridgehead atoms. The topological polar surface area (TPSA) is 41.1 Å². The molecule has 1 aromatic rings. The first kappa shape index (κ1) is 21.0. The predicted molar refractivity (Wildman–Crippen MR) is 104 cm³/mol. The minimum atomic E-state index is 0. The summed E-state index contributed by atoms with van der Waals surface area (Å²) in [6.07, 6.45) is 8.46. The highest BCUT2D eigenvalue weighted by molar-refractivity contribution is 5.85. The molecule has 0 aromatic heterocycles. The van der Waals surface area contributed by atoms with E-state index >= 15 is 0 Å². The summed E-state index contributed by atoms with van der Waals surface area (Å²) >= 11 is 0. The summed E-state index contributed by atoms with van der Waals surface area (Å²) in [6, 6.07) is 10.9. The van der Waals surface area contributed by atoms with E-state index in [1.165, 1.54) is 18.4 Å². The average molecular weight is 353 g/mol. The molecule has 3 nitrogen and oxygen atoms in total. The van der Waals surface area contributed by atoms with Gasteiger partial charge in [0.15, 0.2) is 0 Å². The molecule has 1 atom stereocenters. The minimum Gasteiger partial charge on any atom is -0.353 e. The van der Waals surface area contributed by atoms with Crippen LogP contribution in [0.15, 0.2) is 30.3 Å².